The maximum Gasteiger partial charge on any atom is 0.333 e. The van der Waals surface area contributed by atoms with Gasteiger partial charge < -0.3 is 10.3 Å². The second-order valence-electron chi connectivity index (χ2n) is 6.77. The van der Waals surface area contributed by atoms with Crippen LogP contribution in [0.25, 0.3) is 5.69 Å². The summed E-state index contributed by atoms with van der Waals surface area (Å²) in [6, 6.07) is 9.94. The Morgan fingerprint density at radius 3 is 2.72 bits per heavy atom. The van der Waals surface area contributed by atoms with Gasteiger partial charge in [0.1, 0.15) is 5.56 Å². The number of benzene rings is 1. The van der Waals surface area contributed by atoms with Crippen molar-refractivity contribution >= 4 is 5.91 Å². The quantitative estimate of drug-likeness (QED) is 0.633. The highest BCUT2D eigenvalue weighted by atomic mass is 16.2. The first-order chi connectivity index (χ1) is 14.0. The van der Waals surface area contributed by atoms with Crippen LogP contribution in [0.5, 0.6) is 0 Å². The zero-order valence-electron chi connectivity index (χ0n) is 15.6. The number of para-hydroxylation sites is 1. The van der Waals surface area contributed by atoms with Crippen molar-refractivity contribution in [3.05, 3.63) is 90.6 Å². The molecule has 0 unspecified atom stereocenters. The average Bonchev–Trinajstić information content (AvgIpc) is 3.16. The molecule has 0 saturated heterocycles. The topological polar surface area (TPSA) is 119 Å². The maximum atomic E-state index is 12.7. The molecule has 9 heteroatoms. The lowest BCUT2D eigenvalue weighted by Crippen LogP contribution is -2.40. The van der Waals surface area contributed by atoms with Crippen molar-refractivity contribution in [1.82, 2.24) is 24.6 Å². The lowest BCUT2D eigenvalue weighted by molar-refractivity contribution is 0.0949. The molecule has 0 atom stereocenters. The van der Waals surface area contributed by atoms with Gasteiger partial charge in [0.25, 0.3) is 17.0 Å². The molecule has 0 spiro atoms. The van der Waals surface area contributed by atoms with Gasteiger partial charge in [-0.25, -0.2) is 14.0 Å². The Kier molecular flexibility index (Phi) is 4.94. The molecule has 0 aliphatic heterocycles. The number of nitrogens with one attached hydrogen (secondary N) is 2. The summed E-state index contributed by atoms with van der Waals surface area (Å²) in [5.41, 5.74) is 0.518. The first-order valence-electron chi connectivity index (χ1n) is 9.33. The largest absolute Gasteiger partial charge is 0.350 e. The fraction of sp³-hybridized carbons (Fsp3) is 0.250. The Hall–Kier alpha value is -3.75. The van der Waals surface area contributed by atoms with E-state index in [9.17, 15) is 19.2 Å². The number of carbonyl (C=O) groups excluding carboxylic acids is 1. The third-order valence-electron chi connectivity index (χ3n) is 4.87. The number of H-pyrrole nitrogens is 1. The predicted molar refractivity (Wildman–Crippen MR) is 106 cm³/mol. The number of amides is 1. The van der Waals surface area contributed by atoms with Gasteiger partial charge in [0.05, 0.1) is 17.9 Å². The fourth-order valence-corrected chi connectivity index (χ4v) is 3.42. The van der Waals surface area contributed by atoms with Gasteiger partial charge in [-0.3, -0.25) is 14.4 Å². The smallest absolute Gasteiger partial charge is 0.333 e. The Balaban J connectivity index is 1.51. The maximum absolute atomic E-state index is 12.7. The first-order valence-corrected chi connectivity index (χ1v) is 9.33. The van der Waals surface area contributed by atoms with Gasteiger partial charge in [-0.05, 0) is 37.0 Å². The van der Waals surface area contributed by atoms with Crippen LogP contribution in [0.4, 0.5) is 0 Å². The summed E-state index contributed by atoms with van der Waals surface area (Å²) in [6.07, 6.45) is 3.80. The van der Waals surface area contributed by atoms with E-state index in [1.165, 1.54) is 4.68 Å². The van der Waals surface area contributed by atoms with Crippen molar-refractivity contribution in [2.24, 2.45) is 0 Å². The molecule has 2 aromatic heterocycles. The number of aryl methyl sites for hydroxylation is 2. The molecule has 29 heavy (non-hydrogen) atoms. The van der Waals surface area contributed by atoms with E-state index in [1.807, 2.05) is 0 Å². The summed E-state index contributed by atoms with van der Waals surface area (Å²) < 4.78 is 2.22. The number of hydrogen-bond acceptors (Lipinski definition) is 5. The van der Waals surface area contributed by atoms with Gasteiger partial charge in [-0.1, -0.05) is 18.2 Å². The minimum Gasteiger partial charge on any atom is -0.350 e. The third-order valence-corrected chi connectivity index (χ3v) is 4.87. The van der Waals surface area contributed by atoms with Gasteiger partial charge >= 0.3 is 5.69 Å². The molecule has 0 saturated carbocycles. The number of aromatic nitrogens is 4. The molecule has 148 valence electrons. The molecule has 1 aliphatic rings. The number of fused-ring (bicyclic) bond motifs is 1. The van der Waals surface area contributed by atoms with Crippen molar-refractivity contribution in [2.75, 3.05) is 6.54 Å². The molecule has 0 radical (unpaired) electrons. The molecule has 0 fully saturated rings. The van der Waals surface area contributed by atoms with Crippen molar-refractivity contribution in [3.8, 4) is 5.69 Å². The second kappa shape index (κ2) is 7.70. The summed E-state index contributed by atoms with van der Waals surface area (Å²) in [6.45, 7) is 0.308. The molecule has 0 bridgehead atoms. The molecule has 2 heterocycles. The summed E-state index contributed by atoms with van der Waals surface area (Å²) >= 11 is 0. The number of carbonyl (C=O) groups is 1. The summed E-state index contributed by atoms with van der Waals surface area (Å²) in [7, 11) is 0. The highest BCUT2D eigenvalue weighted by Gasteiger charge is 2.17. The van der Waals surface area contributed by atoms with E-state index in [2.05, 4.69) is 15.4 Å². The zero-order valence-corrected chi connectivity index (χ0v) is 15.6. The van der Waals surface area contributed by atoms with Crippen LogP contribution in [0.3, 0.4) is 0 Å². The van der Waals surface area contributed by atoms with Crippen LogP contribution in [0, 0.1) is 0 Å². The number of nitrogens with zero attached hydrogens (tertiary/aromatic N) is 3. The molecule has 1 aromatic carbocycles. The Labute approximate surface area is 164 Å². The molecule has 9 nitrogen and oxygen atoms in total. The van der Waals surface area contributed by atoms with E-state index in [4.69, 9.17) is 0 Å². The average molecular weight is 393 g/mol. The van der Waals surface area contributed by atoms with Gasteiger partial charge in [-0.2, -0.15) is 5.10 Å². The van der Waals surface area contributed by atoms with E-state index in [-0.39, 0.29) is 24.2 Å². The number of aromatic amines is 1. The van der Waals surface area contributed by atoms with Gasteiger partial charge in [0, 0.05) is 18.8 Å². The molecular weight excluding hydrogens is 374 g/mol. The number of hydrogen-bond donors (Lipinski definition) is 2. The van der Waals surface area contributed by atoms with Crippen LogP contribution < -0.4 is 22.1 Å². The van der Waals surface area contributed by atoms with E-state index < -0.39 is 17.2 Å². The van der Waals surface area contributed by atoms with Crippen LogP contribution in [0.15, 0.2) is 57.0 Å². The molecule has 1 amide bonds. The lowest BCUT2D eigenvalue weighted by atomic mass is 10.2. The van der Waals surface area contributed by atoms with E-state index >= 15 is 0 Å². The minimum atomic E-state index is -0.717. The molecule has 1 aliphatic carbocycles. The standard InChI is InChI=1S/C20H19N5O4/c26-17-11-13-5-4-8-16(13)23-24(17)10-9-21-18(27)15-12-22-20(29)25(19(15)28)14-6-2-1-3-7-14/h1-3,6-7,11-12H,4-5,8-10H2,(H,21,27)(H,22,29). The zero-order chi connectivity index (χ0) is 20.4. The predicted octanol–water partition coefficient (Wildman–Crippen LogP) is 0.00120. The first kappa shape index (κ1) is 18.6. The minimum absolute atomic E-state index is 0.119. The Morgan fingerprint density at radius 1 is 1.14 bits per heavy atom. The summed E-state index contributed by atoms with van der Waals surface area (Å²) in [5, 5.41) is 6.95. The van der Waals surface area contributed by atoms with Crippen molar-refractivity contribution in [2.45, 2.75) is 25.8 Å². The molecule has 3 aromatic rings. The van der Waals surface area contributed by atoms with Crippen molar-refractivity contribution < 1.29 is 4.79 Å². The van der Waals surface area contributed by atoms with Crippen LogP contribution in [-0.4, -0.2) is 31.8 Å². The van der Waals surface area contributed by atoms with Gasteiger partial charge in [-0.15, -0.1) is 0 Å². The van der Waals surface area contributed by atoms with Crippen LogP contribution in [0.2, 0.25) is 0 Å². The second-order valence-corrected chi connectivity index (χ2v) is 6.77. The van der Waals surface area contributed by atoms with E-state index in [0.29, 0.717) is 5.69 Å². The van der Waals surface area contributed by atoms with E-state index in [1.54, 1.807) is 36.4 Å². The Morgan fingerprint density at radius 2 is 1.93 bits per heavy atom. The monoisotopic (exact) mass is 393 g/mol. The molecular formula is C20H19N5O4. The number of rotatable bonds is 5. The normalized spacial score (nSPS) is 12.6. The third kappa shape index (κ3) is 3.66. The van der Waals surface area contributed by atoms with Crippen LogP contribution in [0.1, 0.15) is 28.0 Å². The summed E-state index contributed by atoms with van der Waals surface area (Å²) in [5.74, 6) is -0.634. The van der Waals surface area contributed by atoms with Crippen LogP contribution in [-0.2, 0) is 19.4 Å². The highest BCUT2D eigenvalue weighted by Crippen LogP contribution is 2.16. The SMILES string of the molecule is O=C(NCCn1nc2c(cc1=O)CCC2)c1c[nH]c(=O)n(-c2ccccc2)c1=O. The summed E-state index contributed by atoms with van der Waals surface area (Å²) in [4.78, 5) is 51.7. The lowest BCUT2D eigenvalue weighted by Gasteiger charge is -2.09. The van der Waals surface area contributed by atoms with Gasteiger partial charge in [0.2, 0.25) is 0 Å². The van der Waals surface area contributed by atoms with Gasteiger partial charge in [0.15, 0.2) is 0 Å². The highest BCUT2D eigenvalue weighted by molar-refractivity contribution is 5.93. The molecule has 2 N–H and O–H groups in total. The molecule has 4 rings (SSSR count). The fourth-order valence-electron chi connectivity index (χ4n) is 3.42. The van der Waals surface area contributed by atoms with E-state index in [0.717, 1.165) is 41.3 Å². The van der Waals surface area contributed by atoms with Crippen LogP contribution >= 0.6 is 0 Å². The van der Waals surface area contributed by atoms with Crippen molar-refractivity contribution in [3.63, 3.8) is 0 Å². The Bertz CT molecular complexity index is 1240. The van der Waals surface area contributed by atoms with Crippen molar-refractivity contribution in [1.29, 1.82) is 0 Å².